The molecule has 3 aromatic rings. The van der Waals surface area contributed by atoms with E-state index >= 15 is 0 Å². The van der Waals surface area contributed by atoms with Gasteiger partial charge in [-0.25, -0.2) is 4.98 Å². The minimum Gasteiger partial charge on any atom is -0.355 e. The van der Waals surface area contributed by atoms with E-state index in [1.165, 1.54) is 0 Å². The second kappa shape index (κ2) is 6.05. The highest BCUT2D eigenvalue weighted by atomic mass is 16.5. The predicted molar refractivity (Wildman–Crippen MR) is 92.5 cm³/mol. The normalized spacial score (nSPS) is 17.4. The molecule has 0 saturated carbocycles. The highest BCUT2D eigenvalue weighted by molar-refractivity contribution is 5.62. The molecule has 6 nitrogen and oxygen atoms in total. The Morgan fingerprint density at radius 1 is 1.21 bits per heavy atom. The molecule has 4 rings (SSSR count). The van der Waals surface area contributed by atoms with Gasteiger partial charge in [0.05, 0.1) is 5.56 Å². The van der Waals surface area contributed by atoms with Crippen LogP contribution in [0.15, 0.2) is 47.1 Å². The minimum absolute atomic E-state index is 0.235. The Hall–Kier alpha value is -2.73. The zero-order chi connectivity index (χ0) is 16.5. The molecule has 6 heteroatoms. The molecule has 24 heavy (non-hydrogen) atoms. The molecule has 3 heterocycles. The van der Waals surface area contributed by atoms with Crippen molar-refractivity contribution in [3.63, 3.8) is 0 Å². The second-order valence-corrected chi connectivity index (χ2v) is 6.14. The van der Waals surface area contributed by atoms with E-state index in [1.54, 1.807) is 6.20 Å². The number of aryl methyl sites for hydroxylation is 1. The SMILES string of the molecule is Cc1ccccc1-c1noc(-c2ccc(N3CCC(N)C3)nc2)n1. The van der Waals surface area contributed by atoms with Crippen LogP contribution in [0.2, 0.25) is 0 Å². The fraction of sp³-hybridized carbons (Fsp3) is 0.278. The summed E-state index contributed by atoms with van der Waals surface area (Å²) in [6.07, 6.45) is 2.78. The predicted octanol–water partition coefficient (Wildman–Crippen LogP) is 2.64. The van der Waals surface area contributed by atoms with Crippen molar-refractivity contribution in [2.24, 2.45) is 5.73 Å². The summed E-state index contributed by atoms with van der Waals surface area (Å²) in [7, 11) is 0. The van der Waals surface area contributed by atoms with E-state index in [9.17, 15) is 0 Å². The Morgan fingerprint density at radius 3 is 2.79 bits per heavy atom. The van der Waals surface area contributed by atoms with E-state index in [0.717, 1.165) is 42.0 Å². The third kappa shape index (κ3) is 2.76. The number of benzene rings is 1. The lowest BCUT2D eigenvalue weighted by Gasteiger charge is -2.16. The smallest absolute Gasteiger partial charge is 0.259 e. The van der Waals surface area contributed by atoms with Crippen LogP contribution in [0.1, 0.15) is 12.0 Å². The van der Waals surface area contributed by atoms with Gasteiger partial charge in [-0.15, -0.1) is 0 Å². The van der Waals surface area contributed by atoms with Crippen molar-refractivity contribution in [1.29, 1.82) is 0 Å². The molecule has 1 aromatic carbocycles. The summed E-state index contributed by atoms with van der Waals surface area (Å²) >= 11 is 0. The Bertz CT molecular complexity index is 843. The van der Waals surface area contributed by atoms with Crippen LogP contribution in [-0.2, 0) is 0 Å². The molecule has 0 spiro atoms. The summed E-state index contributed by atoms with van der Waals surface area (Å²) in [5, 5.41) is 4.09. The lowest BCUT2D eigenvalue weighted by Crippen LogP contribution is -2.26. The number of pyridine rings is 1. The van der Waals surface area contributed by atoms with Gasteiger partial charge >= 0.3 is 0 Å². The van der Waals surface area contributed by atoms with Crippen LogP contribution in [0.5, 0.6) is 0 Å². The van der Waals surface area contributed by atoms with Gasteiger partial charge in [-0.05, 0) is 31.0 Å². The Balaban J connectivity index is 1.58. The number of aromatic nitrogens is 3. The molecule has 1 aliphatic rings. The molecular weight excluding hydrogens is 302 g/mol. The van der Waals surface area contributed by atoms with Crippen LogP contribution in [0.4, 0.5) is 5.82 Å². The van der Waals surface area contributed by atoms with Gasteiger partial charge in [0.15, 0.2) is 0 Å². The molecule has 1 atom stereocenters. The van der Waals surface area contributed by atoms with Crippen LogP contribution in [-0.4, -0.2) is 34.3 Å². The molecule has 0 amide bonds. The van der Waals surface area contributed by atoms with E-state index in [4.69, 9.17) is 10.3 Å². The van der Waals surface area contributed by atoms with Gasteiger partial charge in [0.2, 0.25) is 5.82 Å². The van der Waals surface area contributed by atoms with Crippen molar-refractivity contribution in [2.75, 3.05) is 18.0 Å². The molecule has 1 fully saturated rings. The van der Waals surface area contributed by atoms with Crippen LogP contribution in [0, 0.1) is 6.92 Å². The summed E-state index contributed by atoms with van der Waals surface area (Å²) in [6.45, 7) is 3.83. The average molecular weight is 321 g/mol. The summed E-state index contributed by atoms with van der Waals surface area (Å²) in [6, 6.07) is 12.2. The van der Waals surface area contributed by atoms with E-state index < -0.39 is 0 Å². The maximum absolute atomic E-state index is 5.95. The molecule has 0 bridgehead atoms. The van der Waals surface area contributed by atoms with Gasteiger partial charge in [0, 0.05) is 30.9 Å². The van der Waals surface area contributed by atoms with Crippen LogP contribution in [0.3, 0.4) is 0 Å². The monoisotopic (exact) mass is 321 g/mol. The third-order valence-electron chi connectivity index (χ3n) is 4.36. The van der Waals surface area contributed by atoms with Crippen molar-refractivity contribution in [2.45, 2.75) is 19.4 Å². The third-order valence-corrected chi connectivity index (χ3v) is 4.36. The molecule has 0 radical (unpaired) electrons. The van der Waals surface area contributed by atoms with Crippen molar-refractivity contribution >= 4 is 5.82 Å². The lowest BCUT2D eigenvalue weighted by molar-refractivity contribution is 0.432. The zero-order valence-electron chi connectivity index (χ0n) is 13.5. The zero-order valence-corrected chi connectivity index (χ0v) is 13.5. The van der Waals surface area contributed by atoms with E-state index in [-0.39, 0.29) is 6.04 Å². The molecule has 1 saturated heterocycles. The van der Waals surface area contributed by atoms with Crippen molar-refractivity contribution in [3.8, 4) is 22.8 Å². The number of nitrogens with zero attached hydrogens (tertiary/aromatic N) is 4. The van der Waals surface area contributed by atoms with Crippen LogP contribution >= 0.6 is 0 Å². The van der Waals surface area contributed by atoms with Gasteiger partial charge in [0.25, 0.3) is 5.89 Å². The van der Waals surface area contributed by atoms with E-state index in [0.29, 0.717) is 11.7 Å². The minimum atomic E-state index is 0.235. The van der Waals surface area contributed by atoms with E-state index in [2.05, 4.69) is 20.0 Å². The molecule has 122 valence electrons. The summed E-state index contributed by atoms with van der Waals surface area (Å²) < 4.78 is 5.41. The molecule has 0 aliphatic carbocycles. The number of hydrogen-bond donors (Lipinski definition) is 1. The fourth-order valence-electron chi connectivity index (χ4n) is 2.97. The number of rotatable bonds is 3. The first-order valence-electron chi connectivity index (χ1n) is 8.07. The van der Waals surface area contributed by atoms with Crippen LogP contribution in [0.25, 0.3) is 22.8 Å². The molecule has 2 aromatic heterocycles. The molecule has 1 aliphatic heterocycles. The fourth-order valence-corrected chi connectivity index (χ4v) is 2.97. The van der Waals surface area contributed by atoms with Crippen LogP contribution < -0.4 is 10.6 Å². The number of hydrogen-bond acceptors (Lipinski definition) is 6. The lowest BCUT2D eigenvalue weighted by atomic mass is 10.1. The summed E-state index contributed by atoms with van der Waals surface area (Å²) in [4.78, 5) is 11.2. The van der Waals surface area contributed by atoms with Gasteiger partial charge in [-0.2, -0.15) is 4.98 Å². The molecule has 1 unspecified atom stereocenters. The standard InChI is InChI=1S/C18H19N5O/c1-12-4-2-3-5-15(12)17-21-18(24-22-17)13-6-7-16(20-10-13)23-9-8-14(19)11-23/h2-7,10,14H,8-9,11,19H2,1H3. The van der Waals surface area contributed by atoms with Crippen molar-refractivity contribution in [1.82, 2.24) is 15.1 Å². The first-order chi connectivity index (χ1) is 11.7. The summed E-state index contributed by atoms with van der Waals surface area (Å²) in [5.74, 6) is 2.01. The number of nitrogens with two attached hydrogens (primary N) is 1. The van der Waals surface area contributed by atoms with E-state index in [1.807, 2.05) is 43.3 Å². The summed E-state index contributed by atoms with van der Waals surface area (Å²) in [5.41, 5.74) is 8.86. The first-order valence-corrected chi connectivity index (χ1v) is 8.07. The first kappa shape index (κ1) is 14.8. The second-order valence-electron chi connectivity index (χ2n) is 6.14. The molecule has 2 N–H and O–H groups in total. The Kier molecular flexibility index (Phi) is 3.74. The van der Waals surface area contributed by atoms with Crippen molar-refractivity contribution in [3.05, 3.63) is 48.2 Å². The van der Waals surface area contributed by atoms with Gasteiger partial charge in [-0.1, -0.05) is 29.4 Å². The number of anilines is 1. The topological polar surface area (TPSA) is 81.1 Å². The molecular formula is C18H19N5O. The maximum atomic E-state index is 5.95. The quantitative estimate of drug-likeness (QED) is 0.798. The van der Waals surface area contributed by atoms with Gasteiger partial charge in [-0.3, -0.25) is 0 Å². The highest BCUT2D eigenvalue weighted by Crippen LogP contribution is 2.25. The Labute approximate surface area is 140 Å². The Morgan fingerprint density at radius 2 is 2.08 bits per heavy atom. The highest BCUT2D eigenvalue weighted by Gasteiger charge is 2.20. The van der Waals surface area contributed by atoms with Gasteiger partial charge in [0.1, 0.15) is 5.82 Å². The average Bonchev–Trinajstić information content (AvgIpc) is 3.25. The maximum Gasteiger partial charge on any atom is 0.259 e. The van der Waals surface area contributed by atoms with Crippen molar-refractivity contribution < 1.29 is 4.52 Å². The van der Waals surface area contributed by atoms with Gasteiger partial charge < -0.3 is 15.2 Å². The largest absolute Gasteiger partial charge is 0.355 e.